The zero-order valence-corrected chi connectivity index (χ0v) is 10.1. The van der Waals surface area contributed by atoms with Crippen molar-refractivity contribution in [2.75, 3.05) is 13.6 Å². The van der Waals surface area contributed by atoms with Crippen molar-refractivity contribution in [2.45, 2.75) is 20.3 Å². The van der Waals surface area contributed by atoms with Crippen LogP contribution in [0.15, 0.2) is 24.0 Å². The van der Waals surface area contributed by atoms with Crippen molar-refractivity contribution in [3.63, 3.8) is 0 Å². The Morgan fingerprint density at radius 1 is 1.56 bits per heavy atom. The van der Waals surface area contributed by atoms with Crippen LogP contribution >= 0.6 is 0 Å². The van der Waals surface area contributed by atoms with Gasteiger partial charge in [-0.3, -0.25) is 0 Å². The summed E-state index contributed by atoms with van der Waals surface area (Å²) >= 11 is 0. The molecule has 1 rings (SSSR count). The number of pyridine rings is 1. The second-order valence-electron chi connectivity index (χ2n) is 3.56. The molecule has 3 nitrogen and oxygen atoms in total. The third-order valence-corrected chi connectivity index (χ3v) is 2.59. The molecular weight excluding hydrogens is 198 g/mol. The maximum absolute atomic E-state index is 8.94. The fraction of sp³-hybridized carbons (Fsp3) is 0.385. The summed E-state index contributed by atoms with van der Waals surface area (Å²) in [6.07, 6.45) is 4.63. The topological polar surface area (TPSA) is 39.9 Å². The van der Waals surface area contributed by atoms with Gasteiger partial charge in [0.15, 0.2) is 0 Å². The van der Waals surface area contributed by atoms with Crippen molar-refractivity contribution < 1.29 is 0 Å². The van der Waals surface area contributed by atoms with Crippen molar-refractivity contribution >= 4 is 6.08 Å². The van der Waals surface area contributed by atoms with E-state index in [1.807, 2.05) is 18.2 Å². The lowest BCUT2D eigenvalue weighted by molar-refractivity contribution is 0.432. The average Bonchev–Trinajstić information content (AvgIpc) is 2.35. The van der Waals surface area contributed by atoms with E-state index in [-0.39, 0.29) is 0 Å². The molecule has 0 amide bonds. The predicted molar refractivity (Wildman–Crippen MR) is 65.5 cm³/mol. The van der Waals surface area contributed by atoms with Gasteiger partial charge in [-0.25, -0.2) is 4.98 Å². The van der Waals surface area contributed by atoms with Crippen LogP contribution in [0.5, 0.6) is 0 Å². The van der Waals surface area contributed by atoms with Gasteiger partial charge in [0.25, 0.3) is 0 Å². The average molecular weight is 215 g/mol. The highest BCUT2D eigenvalue weighted by Gasteiger charge is 2.03. The molecule has 84 valence electrons. The lowest BCUT2D eigenvalue weighted by Crippen LogP contribution is -2.16. The highest BCUT2D eigenvalue weighted by Crippen LogP contribution is 2.14. The van der Waals surface area contributed by atoms with E-state index in [4.69, 9.17) is 5.26 Å². The number of rotatable bonds is 4. The van der Waals surface area contributed by atoms with Crippen LogP contribution in [0, 0.1) is 11.3 Å². The summed E-state index contributed by atoms with van der Waals surface area (Å²) < 4.78 is 0. The van der Waals surface area contributed by atoms with Crippen LogP contribution in [0.4, 0.5) is 0 Å². The van der Waals surface area contributed by atoms with Crippen LogP contribution in [0.25, 0.3) is 6.08 Å². The minimum Gasteiger partial charge on any atom is -0.378 e. The molecule has 0 spiro atoms. The largest absolute Gasteiger partial charge is 0.378 e. The molecule has 0 atom stereocenters. The molecule has 0 saturated heterocycles. The Balaban J connectivity index is 3.09. The molecule has 0 unspecified atom stereocenters. The standard InChI is InChI=1S/C13H17N3/c1-4-12(16(3)5-2)9-11-7-6-8-15-13(11)10-14/h6-9H,4-5H2,1-3H3. The van der Waals surface area contributed by atoms with E-state index in [0.717, 1.165) is 18.5 Å². The Labute approximate surface area is 97.0 Å². The monoisotopic (exact) mass is 215 g/mol. The zero-order valence-electron chi connectivity index (χ0n) is 10.1. The molecule has 1 aromatic heterocycles. The summed E-state index contributed by atoms with van der Waals surface area (Å²) in [4.78, 5) is 6.22. The quantitative estimate of drug-likeness (QED) is 0.775. The zero-order chi connectivity index (χ0) is 12.0. The second kappa shape index (κ2) is 5.92. The second-order valence-corrected chi connectivity index (χ2v) is 3.56. The van der Waals surface area contributed by atoms with Crippen molar-refractivity contribution in [1.82, 2.24) is 9.88 Å². The number of allylic oxidation sites excluding steroid dienone is 1. The molecule has 0 aliphatic carbocycles. The fourth-order valence-corrected chi connectivity index (χ4v) is 1.49. The molecule has 1 heterocycles. The third kappa shape index (κ3) is 2.83. The van der Waals surface area contributed by atoms with E-state index < -0.39 is 0 Å². The Kier molecular flexibility index (Phi) is 4.53. The van der Waals surface area contributed by atoms with Crippen LogP contribution < -0.4 is 0 Å². The van der Waals surface area contributed by atoms with Gasteiger partial charge in [-0.05, 0) is 25.5 Å². The molecule has 0 aliphatic heterocycles. The molecule has 0 bridgehead atoms. The first-order valence-electron chi connectivity index (χ1n) is 5.49. The Morgan fingerprint density at radius 3 is 2.88 bits per heavy atom. The first-order valence-corrected chi connectivity index (χ1v) is 5.49. The van der Waals surface area contributed by atoms with Gasteiger partial charge in [-0.1, -0.05) is 13.0 Å². The summed E-state index contributed by atoms with van der Waals surface area (Å²) in [6, 6.07) is 5.88. The van der Waals surface area contributed by atoms with Crippen LogP contribution in [-0.2, 0) is 0 Å². The van der Waals surface area contributed by atoms with Crippen LogP contribution in [0.1, 0.15) is 31.5 Å². The minimum absolute atomic E-state index is 0.484. The van der Waals surface area contributed by atoms with Gasteiger partial charge in [-0.15, -0.1) is 0 Å². The smallest absolute Gasteiger partial charge is 0.147 e. The number of hydrogen-bond acceptors (Lipinski definition) is 3. The number of aromatic nitrogens is 1. The van der Waals surface area contributed by atoms with Gasteiger partial charge < -0.3 is 4.90 Å². The SMILES string of the molecule is CCC(=Cc1cccnc1C#N)N(C)CC. The fourth-order valence-electron chi connectivity index (χ4n) is 1.49. The minimum atomic E-state index is 0.484. The van der Waals surface area contributed by atoms with E-state index >= 15 is 0 Å². The van der Waals surface area contributed by atoms with E-state index in [2.05, 4.69) is 36.8 Å². The van der Waals surface area contributed by atoms with Crippen molar-refractivity contribution in [2.24, 2.45) is 0 Å². The molecule has 0 N–H and O–H groups in total. The Hall–Kier alpha value is -1.82. The molecule has 0 aliphatic rings. The molecule has 3 heteroatoms. The van der Waals surface area contributed by atoms with E-state index in [1.165, 1.54) is 5.70 Å². The van der Waals surface area contributed by atoms with Gasteiger partial charge in [0.05, 0.1) is 0 Å². The van der Waals surface area contributed by atoms with Gasteiger partial charge in [0.1, 0.15) is 11.8 Å². The molecule has 0 aromatic carbocycles. The normalized spacial score (nSPS) is 11.0. The van der Waals surface area contributed by atoms with Crippen LogP contribution in [0.3, 0.4) is 0 Å². The van der Waals surface area contributed by atoms with Crippen molar-refractivity contribution in [1.29, 1.82) is 5.26 Å². The highest BCUT2D eigenvalue weighted by atomic mass is 15.1. The Morgan fingerprint density at radius 2 is 2.31 bits per heavy atom. The first-order chi connectivity index (χ1) is 7.72. The molecule has 0 radical (unpaired) electrons. The van der Waals surface area contributed by atoms with Gasteiger partial charge in [-0.2, -0.15) is 5.26 Å². The lowest BCUT2D eigenvalue weighted by Gasteiger charge is -2.19. The molecule has 0 saturated carbocycles. The summed E-state index contributed by atoms with van der Waals surface area (Å²) in [5.74, 6) is 0. The molecule has 16 heavy (non-hydrogen) atoms. The van der Waals surface area contributed by atoms with Crippen LogP contribution in [0.2, 0.25) is 0 Å². The predicted octanol–water partition coefficient (Wildman–Crippen LogP) is 2.66. The third-order valence-electron chi connectivity index (χ3n) is 2.59. The lowest BCUT2D eigenvalue weighted by atomic mass is 10.1. The Bertz CT molecular complexity index is 415. The van der Waals surface area contributed by atoms with Crippen molar-refractivity contribution in [3.05, 3.63) is 35.3 Å². The molecule has 0 fully saturated rings. The van der Waals surface area contributed by atoms with Crippen molar-refractivity contribution in [3.8, 4) is 6.07 Å². The first kappa shape index (κ1) is 12.3. The van der Waals surface area contributed by atoms with E-state index in [9.17, 15) is 0 Å². The van der Waals surface area contributed by atoms with Gasteiger partial charge >= 0.3 is 0 Å². The van der Waals surface area contributed by atoms with Crippen LogP contribution in [-0.4, -0.2) is 23.5 Å². The molecule has 1 aromatic rings. The summed E-state index contributed by atoms with van der Waals surface area (Å²) in [6.45, 7) is 5.18. The highest BCUT2D eigenvalue weighted by molar-refractivity contribution is 5.57. The summed E-state index contributed by atoms with van der Waals surface area (Å²) in [5, 5.41) is 8.94. The number of nitrogens with zero attached hydrogens (tertiary/aromatic N) is 3. The number of nitriles is 1. The summed E-state index contributed by atoms with van der Waals surface area (Å²) in [7, 11) is 2.05. The van der Waals surface area contributed by atoms with E-state index in [0.29, 0.717) is 5.69 Å². The maximum atomic E-state index is 8.94. The van der Waals surface area contributed by atoms with Gasteiger partial charge in [0.2, 0.25) is 0 Å². The number of hydrogen-bond donors (Lipinski definition) is 0. The summed E-state index contributed by atoms with van der Waals surface area (Å²) in [5.41, 5.74) is 2.59. The molecular formula is C13H17N3. The van der Waals surface area contributed by atoms with Gasteiger partial charge in [0, 0.05) is 31.0 Å². The van der Waals surface area contributed by atoms with E-state index in [1.54, 1.807) is 6.20 Å². The maximum Gasteiger partial charge on any atom is 0.147 e.